The third kappa shape index (κ3) is 7.38. The number of hydrogen-bond donors (Lipinski definition) is 0. The maximum atomic E-state index is 12.9. The number of nitrogens with zero attached hydrogens (tertiary/aromatic N) is 1. The molecule has 29 heavy (non-hydrogen) atoms. The number of thioether (sulfide) groups is 1. The molecular formula is C23H27NO4S. The summed E-state index contributed by atoms with van der Waals surface area (Å²) in [5, 5.41) is 0. The molecule has 2 aromatic rings. The summed E-state index contributed by atoms with van der Waals surface area (Å²) in [6, 6.07) is 16.4. The highest BCUT2D eigenvalue weighted by molar-refractivity contribution is 8.00. The van der Waals surface area contributed by atoms with E-state index in [1.54, 1.807) is 36.1 Å². The Bertz CT molecular complexity index is 823. The molecule has 0 heterocycles. The van der Waals surface area contributed by atoms with E-state index in [4.69, 9.17) is 4.74 Å². The fourth-order valence-corrected chi connectivity index (χ4v) is 3.65. The molecule has 0 aliphatic heterocycles. The van der Waals surface area contributed by atoms with Gasteiger partial charge in [0.15, 0.2) is 5.78 Å². The lowest BCUT2D eigenvalue weighted by atomic mass is 10.2. The molecule has 6 heteroatoms. The molecule has 0 saturated carbocycles. The van der Waals surface area contributed by atoms with Crippen LogP contribution in [0, 0.1) is 0 Å². The van der Waals surface area contributed by atoms with Gasteiger partial charge in [0.2, 0.25) is 0 Å². The molecule has 5 nitrogen and oxygen atoms in total. The van der Waals surface area contributed by atoms with Crippen molar-refractivity contribution in [3.05, 3.63) is 65.7 Å². The zero-order valence-corrected chi connectivity index (χ0v) is 17.7. The van der Waals surface area contributed by atoms with Crippen LogP contribution < -0.4 is 0 Å². The van der Waals surface area contributed by atoms with Crippen molar-refractivity contribution in [2.45, 2.75) is 31.6 Å². The minimum Gasteiger partial charge on any atom is -0.466 e. The molecule has 1 amide bonds. The second-order valence-corrected chi connectivity index (χ2v) is 7.50. The SMILES string of the molecule is CCCN(CCC(=O)OCC)C(=O)c1cccc(SCC(=O)c2ccccc2)c1. The molecule has 0 radical (unpaired) electrons. The number of hydrogen-bond acceptors (Lipinski definition) is 5. The molecule has 0 aliphatic carbocycles. The average molecular weight is 414 g/mol. The molecule has 0 atom stereocenters. The summed E-state index contributed by atoms with van der Waals surface area (Å²) < 4.78 is 4.95. The van der Waals surface area contributed by atoms with Gasteiger partial charge in [-0.15, -0.1) is 11.8 Å². The summed E-state index contributed by atoms with van der Waals surface area (Å²) in [6.07, 6.45) is 0.980. The summed E-state index contributed by atoms with van der Waals surface area (Å²) in [5.74, 6) is -0.0593. The second kappa shape index (κ2) is 12.1. The number of carbonyl (C=O) groups excluding carboxylic acids is 3. The van der Waals surface area contributed by atoms with Crippen LogP contribution >= 0.6 is 11.8 Å². The first kappa shape index (κ1) is 22.7. The number of Topliss-reactive ketones (excluding diaryl/α,β-unsaturated/α-hetero) is 1. The maximum Gasteiger partial charge on any atom is 0.307 e. The van der Waals surface area contributed by atoms with Crippen molar-refractivity contribution in [3.63, 3.8) is 0 Å². The van der Waals surface area contributed by atoms with Gasteiger partial charge < -0.3 is 9.64 Å². The Morgan fingerprint density at radius 3 is 2.34 bits per heavy atom. The van der Waals surface area contributed by atoms with Crippen molar-refractivity contribution >= 4 is 29.4 Å². The Labute approximate surface area is 176 Å². The molecule has 0 aromatic heterocycles. The molecule has 0 saturated heterocycles. The summed E-state index contributed by atoms with van der Waals surface area (Å²) in [7, 11) is 0. The van der Waals surface area contributed by atoms with Crippen molar-refractivity contribution in [2.24, 2.45) is 0 Å². The number of benzene rings is 2. The van der Waals surface area contributed by atoms with Gasteiger partial charge in [0.05, 0.1) is 18.8 Å². The van der Waals surface area contributed by atoms with Gasteiger partial charge in [-0.05, 0) is 31.5 Å². The number of carbonyl (C=O) groups is 3. The number of ketones is 1. The Morgan fingerprint density at radius 1 is 0.931 bits per heavy atom. The Hall–Kier alpha value is -2.60. The number of esters is 1. The van der Waals surface area contributed by atoms with Crippen LogP contribution in [0.2, 0.25) is 0 Å². The molecule has 2 rings (SSSR count). The zero-order valence-electron chi connectivity index (χ0n) is 16.9. The van der Waals surface area contributed by atoms with Gasteiger partial charge in [-0.3, -0.25) is 14.4 Å². The van der Waals surface area contributed by atoms with Gasteiger partial charge in [-0.25, -0.2) is 0 Å². The predicted octanol–water partition coefficient (Wildman–Crippen LogP) is 4.47. The van der Waals surface area contributed by atoms with Crippen molar-refractivity contribution in [2.75, 3.05) is 25.4 Å². The van der Waals surface area contributed by atoms with E-state index in [2.05, 4.69) is 0 Å². The maximum absolute atomic E-state index is 12.9. The van der Waals surface area contributed by atoms with Gasteiger partial charge in [-0.1, -0.05) is 43.3 Å². The number of amides is 1. The van der Waals surface area contributed by atoms with Crippen LogP contribution in [-0.2, 0) is 9.53 Å². The summed E-state index contributed by atoms with van der Waals surface area (Å²) in [5.41, 5.74) is 1.24. The molecular weight excluding hydrogens is 386 g/mol. The quantitative estimate of drug-likeness (QED) is 0.309. The van der Waals surface area contributed by atoms with Crippen LogP contribution in [0.25, 0.3) is 0 Å². The van der Waals surface area contributed by atoms with E-state index in [1.807, 2.05) is 37.3 Å². The lowest BCUT2D eigenvalue weighted by Gasteiger charge is -2.22. The smallest absolute Gasteiger partial charge is 0.307 e. The normalized spacial score (nSPS) is 10.4. The van der Waals surface area contributed by atoms with E-state index in [1.165, 1.54) is 11.8 Å². The molecule has 0 aliphatic rings. The predicted molar refractivity (Wildman–Crippen MR) is 115 cm³/mol. The lowest BCUT2D eigenvalue weighted by Crippen LogP contribution is -2.34. The van der Waals surface area contributed by atoms with Gasteiger partial charge in [-0.2, -0.15) is 0 Å². The Morgan fingerprint density at radius 2 is 1.66 bits per heavy atom. The van der Waals surface area contributed by atoms with Crippen LogP contribution in [0.5, 0.6) is 0 Å². The van der Waals surface area contributed by atoms with E-state index in [0.29, 0.717) is 36.6 Å². The zero-order chi connectivity index (χ0) is 21.1. The van der Waals surface area contributed by atoms with Crippen molar-refractivity contribution in [3.8, 4) is 0 Å². The van der Waals surface area contributed by atoms with Crippen LogP contribution in [0.15, 0.2) is 59.5 Å². The Kier molecular flexibility index (Phi) is 9.44. The highest BCUT2D eigenvalue weighted by Gasteiger charge is 2.17. The first-order chi connectivity index (χ1) is 14.0. The standard InChI is InChI=1S/C23H27NO4S/c1-3-14-24(15-13-22(26)28-4-2)23(27)19-11-8-12-20(16-19)29-17-21(25)18-9-6-5-7-10-18/h5-12,16H,3-4,13-15,17H2,1-2H3. The van der Waals surface area contributed by atoms with E-state index in [0.717, 1.165) is 11.3 Å². The van der Waals surface area contributed by atoms with Crippen molar-refractivity contribution < 1.29 is 19.1 Å². The lowest BCUT2D eigenvalue weighted by molar-refractivity contribution is -0.143. The monoisotopic (exact) mass is 413 g/mol. The highest BCUT2D eigenvalue weighted by atomic mass is 32.2. The van der Waals surface area contributed by atoms with E-state index in [9.17, 15) is 14.4 Å². The molecule has 0 N–H and O–H groups in total. The van der Waals surface area contributed by atoms with Gasteiger partial charge in [0.25, 0.3) is 5.91 Å². The summed E-state index contributed by atoms with van der Waals surface area (Å²) in [4.78, 5) is 39.4. The fraction of sp³-hybridized carbons (Fsp3) is 0.348. The third-order valence-electron chi connectivity index (χ3n) is 4.22. The molecule has 0 bridgehead atoms. The minimum absolute atomic E-state index is 0.0503. The largest absolute Gasteiger partial charge is 0.466 e. The van der Waals surface area contributed by atoms with Gasteiger partial charge >= 0.3 is 5.97 Å². The number of rotatable bonds is 11. The van der Waals surface area contributed by atoms with E-state index < -0.39 is 0 Å². The van der Waals surface area contributed by atoms with Gasteiger partial charge in [0, 0.05) is 29.1 Å². The minimum atomic E-state index is -0.301. The molecule has 0 unspecified atom stereocenters. The molecule has 2 aromatic carbocycles. The average Bonchev–Trinajstić information content (AvgIpc) is 2.75. The van der Waals surface area contributed by atoms with Crippen LogP contribution in [0.1, 0.15) is 47.4 Å². The van der Waals surface area contributed by atoms with E-state index in [-0.39, 0.29) is 24.1 Å². The Balaban J connectivity index is 2.00. The summed E-state index contributed by atoms with van der Waals surface area (Å²) >= 11 is 1.41. The van der Waals surface area contributed by atoms with Crippen molar-refractivity contribution in [1.29, 1.82) is 0 Å². The first-order valence-electron chi connectivity index (χ1n) is 9.81. The van der Waals surface area contributed by atoms with Crippen LogP contribution in [0.3, 0.4) is 0 Å². The highest BCUT2D eigenvalue weighted by Crippen LogP contribution is 2.21. The van der Waals surface area contributed by atoms with Gasteiger partial charge in [0.1, 0.15) is 0 Å². The topological polar surface area (TPSA) is 63.7 Å². The van der Waals surface area contributed by atoms with E-state index >= 15 is 0 Å². The third-order valence-corrected chi connectivity index (χ3v) is 5.21. The second-order valence-electron chi connectivity index (χ2n) is 6.45. The molecule has 154 valence electrons. The van der Waals surface area contributed by atoms with Crippen molar-refractivity contribution in [1.82, 2.24) is 4.90 Å². The first-order valence-corrected chi connectivity index (χ1v) is 10.8. The number of ether oxygens (including phenoxy) is 1. The summed E-state index contributed by atoms with van der Waals surface area (Å²) in [6.45, 7) is 4.99. The molecule has 0 fully saturated rings. The van der Waals surface area contributed by atoms with Crippen LogP contribution in [-0.4, -0.2) is 48.0 Å². The molecule has 0 spiro atoms. The van der Waals surface area contributed by atoms with Crippen LogP contribution in [0.4, 0.5) is 0 Å². The fourth-order valence-electron chi connectivity index (χ4n) is 2.80.